The molecule has 2 N–H and O–H groups in total. The van der Waals surface area contributed by atoms with Crippen LogP contribution in [-0.4, -0.2) is 67.3 Å². The molecule has 1 fully saturated rings. The van der Waals surface area contributed by atoms with Crippen molar-refractivity contribution in [1.82, 2.24) is 19.6 Å². The summed E-state index contributed by atoms with van der Waals surface area (Å²) < 4.78 is 50.6. The molecule has 0 aliphatic carbocycles. The standard InChI is InChI=1S/C23H24ClFN4O6S/c1-36(32,33)29-8-10-34-16(13-29)7-9-35-20-17(25)5-6-18-19(20)22(30)28-21(27-18)23(31)26-12-14-3-2-4-15(24)11-14/h2-6,11,16H,7-10,12-13H2,1H3,(H,26,31)(H,27,28,30). The lowest BCUT2D eigenvalue weighted by molar-refractivity contribution is -0.0115. The molecular formula is C23H24ClFN4O6S. The molecule has 4 rings (SSSR count). The fourth-order valence-electron chi connectivity index (χ4n) is 3.80. The highest BCUT2D eigenvalue weighted by Crippen LogP contribution is 2.26. The van der Waals surface area contributed by atoms with Crippen LogP contribution in [0.4, 0.5) is 4.39 Å². The van der Waals surface area contributed by atoms with Crippen molar-refractivity contribution in [1.29, 1.82) is 0 Å². The van der Waals surface area contributed by atoms with E-state index >= 15 is 0 Å². The first kappa shape index (κ1) is 26.0. The number of carbonyl (C=O) groups is 1. The van der Waals surface area contributed by atoms with Crippen LogP contribution >= 0.6 is 11.6 Å². The fourth-order valence-corrected chi connectivity index (χ4v) is 4.86. The number of benzene rings is 2. The Hall–Kier alpha value is -3.06. The molecule has 1 atom stereocenters. The Balaban J connectivity index is 1.46. The second kappa shape index (κ2) is 10.9. The maximum absolute atomic E-state index is 14.6. The van der Waals surface area contributed by atoms with E-state index in [1.165, 1.54) is 10.4 Å². The van der Waals surface area contributed by atoms with Gasteiger partial charge in [0.25, 0.3) is 11.5 Å². The third-order valence-electron chi connectivity index (χ3n) is 5.59. The maximum atomic E-state index is 14.6. The summed E-state index contributed by atoms with van der Waals surface area (Å²) in [5, 5.41) is 3.04. The number of morpholine rings is 1. The summed E-state index contributed by atoms with van der Waals surface area (Å²) in [7, 11) is -3.35. The van der Waals surface area contributed by atoms with E-state index in [-0.39, 0.29) is 61.7 Å². The van der Waals surface area contributed by atoms with E-state index in [4.69, 9.17) is 21.1 Å². The van der Waals surface area contributed by atoms with Crippen LogP contribution in [-0.2, 0) is 21.3 Å². The molecule has 3 aromatic rings. The lowest BCUT2D eigenvalue weighted by Gasteiger charge is -2.31. The molecule has 1 aliphatic heterocycles. The van der Waals surface area contributed by atoms with E-state index < -0.39 is 33.4 Å². The van der Waals surface area contributed by atoms with Crippen molar-refractivity contribution in [3.8, 4) is 5.75 Å². The Morgan fingerprint density at radius 2 is 2.17 bits per heavy atom. The summed E-state index contributed by atoms with van der Waals surface area (Å²) in [6, 6.07) is 9.32. The van der Waals surface area contributed by atoms with E-state index in [0.717, 1.165) is 17.9 Å². The SMILES string of the molecule is CS(=O)(=O)N1CCOC(CCOc2c(F)ccc3nc(C(=O)NCc4cccc(Cl)c4)[nH]c(=O)c23)C1. The van der Waals surface area contributed by atoms with Crippen molar-refractivity contribution in [2.45, 2.75) is 19.1 Å². The van der Waals surface area contributed by atoms with Crippen molar-refractivity contribution >= 4 is 38.4 Å². The van der Waals surface area contributed by atoms with Crippen LogP contribution in [0.5, 0.6) is 5.75 Å². The number of rotatable bonds is 8. The highest BCUT2D eigenvalue weighted by molar-refractivity contribution is 7.88. The number of nitrogens with one attached hydrogen (secondary N) is 2. The number of aromatic nitrogens is 2. The summed E-state index contributed by atoms with van der Waals surface area (Å²) in [6.07, 6.45) is 0.970. The predicted molar refractivity (Wildman–Crippen MR) is 131 cm³/mol. The first-order chi connectivity index (χ1) is 17.1. The van der Waals surface area contributed by atoms with Crippen LogP contribution in [0.15, 0.2) is 41.2 Å². The van der Waals surface area contributed by atoms with E-state index in [9.17, 15) is 22.4 Å². The molecule has 2 heterocycles. The second-order valence-corrected chi connectivity index (χ2v) is 10.7. The number of fused-ring (bicyclic) bond motifs is 1. The third kappa shape index (κ3) is 6.19. The van der Waals surface area contributed by atoms with Gasteiger partial charge in [-0.15, -0.1) is 0 Å². The molecule has 1 amide bonds. The second-order valence-electron chi connectivity index (χ2n) is 8.25. The van der Waals surface area contributed by atoms with Crippen LogP contribution in [0.2, 0.25) is 5.02 Å². The first-order valence-electron chi connectivity index (χ1n) is 11.1. The van der Waals surface area contributed by atoms with Crippen LogP contribution < -0.4 is 15.6 Å². The minimum Gasteiger partial charge on any atom is -0.489 e. The number of aromatic amines is 1. The highest BCUT2D eigenvalue weighted by Gasteiger charge is 2.26. The quantitative estimate of drug-likeness (QED) is 0.449. The normalized spacial score (nSPS) is 16.7. The minimum atomic E-state index is -3.35. The number of nitrogens with zero attached hydrogens (tertiary/aromatic N) is 2. The van der Waals surface area contributed by atoms with Gasteiger partial charge >= 0.3 is 0 Å². The van der Waals surface area contributed by atoms with E-state index in [0.29, 0.717) is 5.02 Å². The van der Waals surface area contributed by atoms with Crippen molar-refractivity contribution in [3.05, 3.63) is 69.0 Å². The molecule has 0 saturated carbocycles. The van der Waals surface area contributed by atoms with Gasteiger partial charge in [-0.3, -0.25) is 9.59 Å². The van der Waals surface area contributed by atoms with E-state index in [2.05, 4.69) is 15.3 Å². The van der Waals surface area contributed by atoms with Gasteiger partial charge in [-0.2, -0.15) is 4.31 Å². The molecule has 36 heavy (non-hydrogen) atoms. The molecule has 1 aliphatic rings. The molecule has 0 radical (unpaired) electrons. The smallest absolute Gasteiger partial charge is 0.287 e. The number of hydrogen-bond acceptors (Lipinski definition) is 7. The molecule has 0 bridgehead atoms. The Morgan fingerprint density at radius 1 is 1.36 bits per heavy atom. The number of carbonyl (C=O) groups excluding carboxylic acids is 1. The number of sulfonamides is 1. The zero-order valence-corrected chi connectivity index (χ0v) is 20.9. The molecule has 1 unspecified atom stereocenters. The first-order valence-corrected chi connectivity index (χ1v) is 13.3. The summed E-state index contributed by atoms with van der Waals surface area (Å²) in [5.41, 5.74) is 0.109. The largest absolute Gasteiger partial charge is 0.489 e. The number of hydrogen-bond donors (Lipinski definition) is 2. The summed E-state index contributed by atoms with van der Waals surface area (Å²) in [6.45, 7) is 0.810. The summed E-state index contributed by atoms with van der Waals surface area (Å²) >= 11 is 5.95. The number of amides is 1. The minimum absolute atomic E-state index is 0.0282. The summed E-state index contributed by atoms with van der Waals surface area (Å²) in [5.74, 6) is -1.92. The van der Waals surface area contributed by atoms with Gasteiger partial charge in [-0.05, 0) is 29.8 Å². The zero-order chi connectivity index (χ0) is 25.9. The topological polar surface area (TPSA) is 131 Å². The van der Waals surface area contributed by atoms with Crippen LogP contribution in [0.3, 0.4) is 0 Å². The van der Waals surface area contributed by atoms with Gasteiger partial charge in [-0.25, -0.2) is 17.8 Å². The van der Waals surface area contributed by atoms with Crippen molar-refractivity contribution < 1.29 is 27.1 Å². The number of ether oxygens (including phenoxy) is 2. The Kier molecular flexibility index (Phi) is 7.88. The molecule has 1 saturated heterocycles. The molecule has 0 spiro atoms. The zero-order valence-electron chi connectivity index (χ0n) is 19.3. The lowest BCUT2D eigenvalue weighted by atomic mass is 10.2. The molecular weight excluding hydrogens is 515 g/mol. The van der Waals surface area contributed by atoms with Gasteiger partial charge in [0.2, 0.25) is 10.0 Å². The average molecular weight is 539 g/mol. The Bertz CT molecular complexity index is 1450. The van der Waals surface area contributed by atoms with Gasteiger partial charge in [-0.1, -0.05) is 23.7 Å². The van der Waals surface area contributed by atoms with E-state index in [1.807, 2.05) is 0 Å². The van der Waals surface area contributed by atoms with Crippen LogP contribution in [0, 0.1) is 5.82 Å². The Labute approximate surface area is 211 Å². The summed E-state index contributed by atoms with van der Waals surface area (Å²) in [4.78, 5) is 31.9. The predicted octanol–water partition coefficient (Wildman–Crippen LogP) is 2.07. The number of halogens is 2. The van der Waals surface area contributed by atoms with Gasteiger partial charge in [0.1, 0.15) is 5.39 Å². The molecule has 1 aromatic heterocycles. The highest BCUT2D eigenvalue weighted by atomic mass is 35.5. The van der Waals surface area contributed by atoms with Gasteiger partial charge in [0.15, 0.2) is 17.4 Å². The average Bonchev–Trinajstić information content (AvgIpc) is 2.83. The van der Waals surface area contributed by atoms with Crippen molar-refractivity contribution in [2.24, 2.45) is 0 Å². The number of H-pyrrole nitrogens is 1. The van der Waals surface area contributed by atoms with Gasteiger partial charge < -0.3 is 19.8 Å². The van der Waals surface area contributed by atoms with Gasteiger partial charge in [0, 0.05) is 31.1 Å². The van der Waals surface area contributed by atoms with Crippen LogP contribution in [0.1, 0.15) is 22.6 Å². The van der Waals surface area contributed by atoms with Crippen molar-refractivity contribution in [2.75, 3.05) is 32.6 Å². The maximum Gasteiger partial charge on any atom is 0.287 e. The third-order valence-corrected chi connectivity index (χ3v) is 7.10. The molecule has 10 nitrogen and oxygen atoms in total. The fraction of sp³-hybridized carbons (Fsp3) is 0.348. The van der Waals surface area contributed by atoms with Crippen LogP contribution in [0.25, 0.3) is 10.9 Å². The molecule has 2 aromatic carbocycles. The Morgan fingerprint density at radius 3 is 2.92 bits per heavy atom. The van der Waals surface area contributed by atoms with E-state index in [1.54, 1.807) is 24.3 Å². The molecule has 192 valence electrons. The van der Waals surface area contributed by atoms with Crippen molar-refractivity contribution in [3.63, 3.8) is 0 Å². The lowest BCUT2D eigenvalue weighted by Crippen LogP contribution is -2.45. The molecule has 13 heteroatoms. The monoisotopic (exact) mass is 538 g/mol. The van der Waals surface area contributed by atoms with Gasteiger partial charge in [0.05, 0.1) is 31.1 Å².